The number of aromatic nitrogens is 2. The summed E-state index contributed by atoms with van der Waals surface area (Å²) in [4.78, 5) is 40.4. The molecule has 35 heavy (non-hydrogen) atoms. The third-order valence-corrected chi connectivity index (χ3v) is 5.20. The van der Waals surface area contributed by atoms with Crippen molar-refractivity contribution in [3.8, 4) is 22.4 Å². The number of nitro groups is 1. The maximum absolute atomic E-state index is 12.2. The number of rotatable bonds is 6. The van der Waals surface area contributed by atoms with Gasteiger partial charge in [-0.25, -0.2) is 14.6 Å². The van der Waals surface area contributed by atoms with E-state index < -0.39 is 16.7 Å². The Morgan fingerprint density at radius 1 is 0.914 bits per heavy atom. The van der Waals surface area contributed by atoms with E-state index in [1.807, 2.05) is 54.6 Å². The Balaban J connectivity index is 1.74. The number of amides is 2. The lowest BCUT2D eigenvalue weighted by atomic mass is 10.0. The minimum absolute atomic E-state index is 0.0221. The van der Waals surface area contributed by atoms with Crippen LogP contribution < -0.4 is 4.90 Å². The number of hydrogen-bond donors (Lipinski definition) is 0. The fourth-order valence-corrected chi connectivity index (χ4v) is 3.55. The molecule has 0 saturated carbocycles. The fourth-order valence-electron chi connectivity index (χ4n) is 3.55. The first-order valence-electron chi connectivity index (χ1n) is 10.7. The molecule has 0 atom stereocenters. The summed E-state index contributed by atoms with van der Waals surface area (Å²) >= 11 is 0. The maximum atomic E-state index is 12.2. The minimum atomic E-state index is -0.513. The number of hydrogen-bond acceptors (Lipinski definition) is 6. The number of imidazole rings is 1. The van der Waals surface area contributed by atoms with Gasteiger partial charge >= 0.3 is 0 Å². The van der Waals surface area contributed by atoms with Gasteiger partial charge in [0, 0.05) is 37.1 Å². The van der Waals surface area contributed by atoms with Gasteiger partial charge in [-0.1, -0.05) is 66.7 Å². The smallest absolute Gasteiger partial charge is 0.270 e. The Bertz CT molecular complexity index is 1410. The van der Waals surface area contributed by atoms with Crippen molar-refractivity contribution in [1.82, 2.24) is 9.66 Å². The van der Waals surface area contributed by atoms with Gasteiger partial charge in [0.1, 0.15) is 0 Å². The van der Waals surface area contributed by atoms with Crippen LogP contribution in [0.5, 0.6) is 0 Å². The highest BCUT2D eigenvalue weighted by molar-refractivity contribution is 6.12. The highest BCUT2D eigenvalue weighted by Gasteiger charge is 2.23. The van der Waals surface area contributed by atoms with Crippen LogP contribution in [0.25, 0.3) is 22.4 Å². The van der Waals surface area contributed by atoms with Gasteiger partial charge in [0.05, 0.1) is 23.0 Å². The summed E-state index contributed by atoms with van der Waals surface area (Å²) in [6.45, 7) is 2.53. The molecule has 0 aliphatic heterocycles. The van der Waals surface area contributed by atoms with Crippen LogP contribution in [0.3, 0.4) is 0 Å². The van der Waals surface area contributed by atoms with Crippen molar-refractivity contribution in [3.63, 3.8) is 0 Å². The molecule has 9 heteroatoms. The van der Waals surface area contributed by atoms with Gasteiger partial charge in [-0.15, -0.1) is 0 Å². The molecule has 3 aromatic carbocycles. The summed E-state index contributed by atoms with van der Waals surface area (Å²) in [6.07, 6.45) is 3.00. The van der Waals surface area contributed by atoms with Crippen molar-refractivity contribution >= 4 is 29.7 Å². The summed E-state index contributed by atoms with van der Waals surface area (Å²) in [5.74, 6) is -1.00. The molecule has 0 spiro atoms. The Kier molecular flexibility index (Phi) is 6.59. The minimum Gasteiger partial charge on any atom is -0.274 e. The molecule has 0 bridgehead atoms. The van der Waals surface area contributed by atoms with E-state index in [1.54, 1.807) is 18.3 Å². The third kappa shape index (κ3) is 5.19. The predicted octanol–water partition coefficient (Wildman–Crippen LogP) is 4.91. The highest BCUT2D eigenvalue weighted by Crippen LogP contribution is 2.27. The summed E-state index contributed by atoms with van der Waals surface area (Å²) in [6, 6.07) is 23.6. The van der Waals surface area contributed by atoms with E-state index in [9.17, 15) is 19.7 Å². The summed E-state index contributed by atoms with van der Waals surface area (Å²) in [7, 11) is 0. The van der Waals surface area contributed by atoms with Gasteiger partial charge in [-0.3, -0.25) is 19.7 Å². The van der Waals surface area contributed by atoms with Crippen molar-refractivity contribution in [2.45, 2.75) is 13.8 Å². The van der Waals surface area contributed by atoms with Crippen LogP contribution in [0.1, 0.15) is 19.4 Å². The van der Waals surface area contributed by atoms with Crippen molar-refractivity contribution in [2.75, 3.05) is 4.90 Å². The zero-order valence-corrected chi connectivity index (χ0v) is 19.0. The summed E-state index contributed by atoms with van der Waals surface area (Å²) in [5.41, 5.74) is 3.78. The topological polar surface area (TPSA) is 111 Å². The third-order valence-electron chi connectivity index (χ3n) is 5.20. The van der Waals surface area contributed by atoms with E-state index in [-0.39, 0.29) is 11.6 Å². The molecular formula is C26H21N5O4. The van der Waals surface area contributed by atoms with E-state index >= 15 is 0 Å². The molecular weight excluding hydrogens is 446 g/mol. The molecule has 1 aromatic heterocycles. The zero-order chi connectivity index (χ0) is 24.9. The van der Waals surface area contributed by atoms with Crippen LogP contribution in [0.2, 0.25) is 0 Å². The molecule has 0 N–H and O–H groups in total. The number of carbonyl (C=O) groups is 2. The van der Waals surface area contributed by atoms with Crippen molar-refractivity contribution < 1.29 is 14.5 Å². The lowest BCUT2D eigenvalue weighted by molar-refractivity contribution is -0.384. The van der Waals surface area contributed by atoms with E-state index in [0.29, 0.717) is 11.3 Å². The Morgan fingerprint density at radius 3 is 2.17 bits per heavy atom. The van der Waals surface area contributed by atoms with E-state index in [1.165, 1.54) is 36.9 Å². The molecule has 0 saturated heterocycles. The van der Waals surface area contributed by atoms with E-state index in [0.717, 1.165) is 21.6 Å². The van der Waals surface area contributed by atoms with E-state index in [2.05, 4.69) is 10.1 Å². The Morgan fingerprint density at radius 2 is 1.54 bits per heavy atom. The molecule has 9 nitrogen and oxygen atoms in total. The first-order valence-corrected chi connectivity index (χ1v) is 10.7. The molecule has 4 aromatic rings. The molecule has 0 aliphatic carbocycles. The Labute approximate surface area is 201 Å². The number of nitrogens with zero attached hydrogens (tertiary/aromatic N) is 5. The first-order chi connectivity index (χ1) is 16.8. The second-order valence-corrected chi connectivity index (χ2v) is 7.68. The molecule has 0 unspecified atom stereocenters. The Hall–Kier alpha value is -4.92. The maximum Gasteiger partial charge on any atom is 0.270 e. The van der Waals surface area contributed by atoms with Crippen LogP contribution >= 0.6 is 0 Å². The van der Waals surface area contributed by atoms with Gasteiger partial charge in [0.15, 0.2) is 0 Å². The number of benzene rings is 3. The van der Waals surface area contributed by atoms with Crippen molar-refractivity contribution in [3.05, 3.63) is 101 Å². The van der Waals surface area contributed by atoms with Gasteiger partial charge in [-0.2, -0.15) is 5.10 Å². The highest BCUT2D eigenvalue weighted by atomic mass is 16.6. The van der Waals surface area contributed by atoms with E-state index in [4.69, 9.17) is 0 Å². The molecule has 0 radical (unpaired) electrons. The predicted molar refractivity (Wildman–Crippen MR) is 133 cm³/mol. The molecule has 1 heterocycles. The molecule has 0 aliphatic rings. The molecule has 174 valence electrons. The fraction of sp³-hybridized carbons (Fsp3) is 0.0769. The largest absolute Gasteiger partial charge is 0.274 e. The molecule has 4 rings (SSSR count). The lowest BCUT2D eigenvalue weighted by Gasteiger charge is -2.15. The quantitative estimate of drug-likeness (QED) is 0.227. The molecule has 0 fully saturated rings. The lowest BCUT2D eigenvalue weighted by Crippen LogP contribution is -2.35. The SMILES string of the molecule is CC(=O)N(C(C)=O)c1nc(-c2ccc(-c3ccccc3)cc2)cn1/N=C\c1cccc([N+](=O)[O-])c1. The number of nitro benzene ring substituents is 1. The summed E-state index contributed by atoms with van der Waals surface area (Å²) in [5, 5.41) is 15.4. The average Bonchev–Trinajstić information content (AvgIpc) is 3.26. The van der Waals surface area contributed by atoms with Gasteiger partial charge in [0.2, 0.25) is 17.8 Å². The van der Waals surface area contributed by atoms with Crippen LogP contribution in [0.4, 0.5) is 11.6 Å². The number of anilines is 1. The van der Waals surface area contributed by atoms with Crippen molar-refractivity contribution in [1.29, 1.82) is 0 Å². The normalized spacial score (nSPS) is 10.9. The first kappa shape index (κ1) is 23.2. The van der Waals surface area contributed by atoms with Gasteiger partial charge < -0.3 is 0 Å². The average molecular weight is 467 g/mol. The van der Waals surface area contributed by atoms with Gasteiger partial charge in [-0.05, 0) is 11.1 Å². The van der Waals surface area contributed by atoms with Gasteiger partial charge in [0.25, 0.3) is 5.69 Å². The summed E-state index contributed by atoms with van der Waals surface area (Å²) < 4.78 is 1.31. The monoisotopic (exact) mass is 467 g/mol. The second kappa shape index (κ2) is 9.92. The van der Waals surface area contributed by atoms with Crippen molar-refractivity contribution in [2.24, 2.45) is 5.10 Å². The standard InChI is InChI=1S/C26H21N5O4/c1-18(32)30(19(2)33)26-28-25(23-13-11-22(12-14-23)21-8-4-3-5-9-21)17-29(26)27-16-20-7-6-10-24(15-20)31(34)35/h3-17H,1-2H3/b27-16-. The van der Waals surface area contributed by atoms with Crippen LogP contribution in [-0.2, 0) is 9.59 Å². The van der Waals surface area contributed by atoms with Crippen LogP contribution in [0, 0.1) is 10.1 Å². The number of non-ortho nitro benzene ring substituents is 1. The number of imide groups is 1. The number of carbonyl (C=O) groups excluding carboxylic acids is 2. The second-order valence-electron chi connectivity index (χ2n) is 7.68. The van der Waals surface area contributed by atoms with Crippen LogP contribution in [0.15, 0.2) is 90.2 Å². The molecule has 2 amide bonds. The zero-order valence-electron chi connectivity index (χ0n) is 19.0. The van der Waals surface area contributed by atoms with Crippen LogP contribution in [-0.4, -0.2) is 32.6 Å².